The Labute approximate surface area is 130 Å². The standard InChI is InChI=1S/C12H19N3O4S.ClH/c1-14-20(17,18)11-6-5-10(19-11)12(16)15-7-3-2-4-9(15)8-13;/h5-6,9,14H,2-4,7-8,13H2,1H3;1H. The predicted octanol–water partition coefficient (Wildman–Crippen LogP) is 0.563. The van der Waals surface area contributed by atoms with Crippen LogP contribution in [0.5, 0.6) is 0 Å². The molecule has 0 saturated carbocycles. The predicted molar refractivity (Wildman–Crippen MR) is 79.9 cm³/mol. The molecule has 2 rings (SSSR count). The molecule has 1 amide bonds. The first-order valence-electron chi connectivity index (χ1n) is 6.54. The Hall–Kier alpha value is -1.09. The van der Waals surface area contributed by atoms with Gasteiger partial charge in [-0.05, 0) is 38.4 Å². The summed E-state index contributed by atoms with van der Waals surface area (Å²) in [6, 6.07) is 2.65. The van der Waals surface area contributed by atoms with Crippen LogP contribution in [0.3, 0.4) is 0 Å². The van der Waals surface area contributed by atoms with Crippen molar-refractivity contribution in [2.24, 2.45) is 5.73 Å². The van der Waals surface area contributed by atoms with Gasteiger partial charge in [0, 0.05) is 19.1 Å². The molecule has 1 atom stereocenters. The summed E-state index contributed by atoms with van der Waals surface area (Å²) in [6.45, 7) is 1.02. The van der Waals surface area contributed by atoms with E-state index in [1.165, 1.54) is 19.2 Å². The van der Waals surface area contributed by atoms with E-state index in [4.69, 9.17) is 10.2 Å². The molecule has 1 aliphatic rings. The van der Waals surface area contributed by atoms with E-state index in [2.05, 4.69) is 4.72 Å². The number of furan rings is 1. The summed E-state index contributed by atoms with van der Waals surface area (Å²) in [5, 5.41) is -0.260. The average molecular weight is 338 g/mol. The molecular weight excluding hydrogens is 318 g/mol. The Morgan fingerprint density at radius 1 is 1.48 bits per heavy atom. The van der Waals surface area contributed by atoms with Gasteiger partial charge in [0.15, 0.2) is 5.76 Å². The SMILES string of the molecule is CNS(=O)(=O)c1ccc(C(=O)N2CCCCC2CN)o1.Cl. The van der Waals surface area contributed by atoms with Gasteiger partial charge in [-0.2, -0.15) is 0 Å². The van der Waals surface area contributed by atoms with Crippen molar-refractivity contribution in [1.29, 1.82) is 0 Å². The minimum atomic E-state index is -3.67. The molecule has 0 spiro atoms. The van der Waals surface area contributed by atoms with Crippen LogP contribution in [0, 0.1) is 0 Å². The maximum atomic E-state index is 12.4. The number of rotatable bonds is 4. The third kappa shape index (κ3) is 3.76. The Morgan fingerprint density at radius 2 is 2.19 bits per heavy atom. The molecule has 2 heterocycles. The highest BCUT2D eigenvalue weighted by Crippen LogP contribution is 2.21. The highest BCUT2D eigenvalue weighted by Gasteiger charge is 2.29. The molecule has 1 unspecified atom stereocenters. The number of nitrogens with one attached hydrogen (secondary N) is 1. The van der Waals surface area contributed by atoms with Crippen LogP contribution in [0.25, 0.3) is 0 Å². The quantitative estimate of drug-likeness (QED) is 0.835. The topological polar surface area (TPSA) is 106 Å². The van der Waals surface area contributed by atoms with Crippen LogP contribution < -0.4 is 10.5 Å². The van der Waals surface area contributed by atoms with E-state index in [0.29, 0.717) is 13.1 Å². The third-order valence-corrected chi connectivity index (χ3v) is 4.77. The molecule has 1 saturated heterocycles. The van der Waals surface area contributed by atoms with Gasteiger partial charge in [-0.15, -0.1) is 12.4 Å². The molecule has 1 aromatic heterocycles. The zero-order chi connectivity index (χ0) is 14.8. The number of sulfonamides is 1. The molecule has 0 aliphatic carbocycles. The number of likely N-dealkylation sites (tertiary alicyclic amines) is 1. The number of hydrogen-bond acceptors (Lipinski definition) is 5. The lowest BCUT2D eigenvalue weighted by atomic mass is 10.0. The molecule has 1 fully saturated rings. The normalized spacial score (nSPS) is 19.1. The highest BCUT2D eigenvalue weighted by atomic mass is 35.5. The summed E-state index contributed by atoms with van der Waals surface area (Å²) in [6.07, 6.45) is 2.83. The number of amides is 1. The number of nitrogens with zero attached hydrogens (tertiary/aromatic N) is 1. The van der Waals surface area contributed by atoms with Gasteiger partial charge in [0.1, 0.15) is 0 Å². The maximum Gasteiger partial charge on any atom is 0.289 e. The number of piperidine rings is 1. The van der Waals surface area contributed by atoms with E-state index in [1.54, 1.807) is 4.90 Å². The summed E-state index contributed by atoms with van der Waals surface area (Å²) in [4.78, 5) is 14.0. The van der Waals surface area contributed by atoms with Gasteiger partial charge in [0.05, 0.1) is 0 Å². The lowest BCUT2D eigenvalue weighted by Gasteiger charge is -2.34. The Kier molecular flexibility index (Phi) is 6.21. The van der Waals surface area contributed by atoms with Crippen molar-refractivity contribution < 1.29 is 17.6 Å². The highest BCUT2D eigenvalue weighted by molar-refractivity contribution is 7.89. The minimum absolute atomic E-state index is 0. The molecule has 7 nitrogen and oxygen atoms in total. The molecule has 0 radical (unpaired) electrons. The number of hydrogen-bond donors (Lipinski definition) is 2. The number of carbonyl (C=O) groups is 1. The van der Waals surface area contributed by atoms with Gasteiger partial charge >= 0.3 is 0 Å². The van der Waals surface area contributed by atoms with Gasteiger partial charge < -0.3 is 15.1 Å². The van der Waals surface area contributed by atoms with Crippen LogP contribution in [0.4, 0.5) is 0 Å². The first-order valence-corrected chi connectivity index (χ1v) is 8.02. The number of carbonyl (C=O) groups excluding carboxylic acids is 1. The summed E-state index contributed by atoms with van der Waals surface area (Å²) < 4.78 is 30.5. The van der Waals surface area contributed by atoms with Gasteiger partial charge in [0.2, 0.25) is 5.09 Å². The summed E-state index contributed by atoms with van der Waals surface area (Å²) in [7, 11) is -2.39. The molecule has 120 valence electrons. The fourth-order valence-corrected chi connectivity index (χ4v) is 2.98. The molecule has 1 aromatic rings. The van der Waals surface area contributed by atoms with Crippen LogP contribution in [0.1, 0.15) is 29.8 Å². The van der Waals surface area contributed by atoms with Crippen LogP contribution in [-0.2, 0) is 10.0 Å². The van der Waals surface area contributed by atoms with E-state index < -0.39 is 10.0 Å². The fraction of sp³-hybridized carbons (Fsp3) is 0.583. The molecule has 21 heavy (non-hydrogen) atoms. The smallest absolute Gasteiger partial charge is 0.289 e. The molecular formula is C12H20ClN3O4S. The van der Waals surface area contributed by atoms with E-state index in [1.807, 2.05) is 0 Å². The molecule has 3 N–H and O–H groups in total. The second kappa shape index (κ2) is 7.26. The lowest BCUT2D eigenvalue weighted by molar-refractivity contribution is 0.0585. The van der Waals surface area contributed by atoms with Crippen LogP contribution >= 0.6 is 12.4 Å². The first-order chi connectivity index (χ1) is 9.49. The number of halogens is 1. The van der Waals surface area contributed by atoms with Crippen molar-refractivity contribution in [3.05, 3.63) is 17.9 Å². The van der Waals surface area contributed by atoms with Crippen LogP contribution in [-0.4, -0.2) is 45.4 Å². The second-order valence-electron chi connectivity index (χ2n) is 4.71. The lowest BCUT2D eigenvalue weighted by Crippen LogP contribution is -2.47. The maximum absolute atomic E-state index is 12.4. The van der Waals surface area contributed by atoms with E-state index >= 15 is 0 Å². The van der Waals surface area contributed by atoms with E-state index in [9.17, 15) is 13.2 Å². The number of nitrogens with two attached hydrogens (primary N) is 1. The Balaban J connectivity index is 0.00000220. The second-order valence-corrected chi connectivity index (χ2v) is 6.53. The third-order valence-electron chi connectivity index (χ3n) is 3.49. The minimum Gasteiger partial charge on any atom is -0.438 e. The summed E-state index contributed by atoms with van der Waals surface area (Å²) in [5.41, 5.74) is 5.68. The molecule has 1 aliphatic heterocycles. The van der Waals surface area contributed by atoms with Gasteiger partial charge in [-0.3, -0.25) is 4.79 Å². The fourth-order valence-electron chi connectivity index (χ4n) is 2.33. The van der Waals surface area contributed by atoms with E-state index in [0.717, 1.165) is 19.3 Å². The monoisotopic (exact) mass is 337 g/mol. The van der Waals surface area contributed by atoms with Crippen molar-refractivity contribution in [2.75, 3.05) is 20.1 Å². The van der Waals surface area contributed by atoms with Crippen molar-refractivity contribution in [2.45, 2.75) is 30.4 Å². The average Bonchev–Trinajstić information content (AvgIpc) is 2.97. The summed E-state index contributed by atoms with van der Waals surface area (Å²) >= 11 is 0. The van der Waals surface area contributed by atoms with Crippen LogP contribution in [0.15, 0.2) is 21.6 Å². The van der Waals surface area contributed by atoms with Crippen molar-refractivity contribution in [3.63, 3.8) is 0 Å². The molecule has 0 bridgehead atoms. The van der Waals surface area contributed by atoms with Crippen LogP contribution in [0.2, 0.25) is 0 Å². The zero-order valence-corrected chi connectivity index (χ0v) is 13.4. The molecule has 0 aromatic carbocycles. The van der Waals surface area contributed by atoms with Crippen molar-refractivity contribution in [3.8, 4) is 0 Å². The summed E-state index contributed by atoms with van der Waals surface area (Å²) in [5.74, 6) is -0.281. The van der Waals surface area contributed by atoms with E-state index in [-0.39, 0.29) is 35.2 Å². The van der Waals surface area contributed by atoms with Gasteiger partial charge in [-0.1, -0.05) is 0 Å². The zero-order valence-electron chi connectivity index (χ0n) is 11.7. The van der Waals surface area contributed by atoms with Gasteiger partial charge in [0.25, 0.3) is 15.9 Å². The van der Waals surface area contributed by atoms with Gasteiger partial charge in [-0.25, -0.2) is 13.1 Å². The Bertz CT molecular complexity index is 587. The molecule has 9 heteroatoms. The largest absolute Gasteiger partial charge is 0.438 e. The Morgan fingerprint density at radius 3 is 2.81 bits per heavy atom. The van der Waals surface area contributed by atoms with Crippen molar-refractivity contribution >= 4 is 28.3 Å². The van der Waals surface area contributed by atoms with Crippen molar-refractivity contribution in [1.82, 2.24) is 9.62 Å². The first kappa shape index (κ1) is 18.0.